The first-order valence-corrected chi connectivity index (χ1v) is 9.59. The van der Waals surface area contributed by atoms with Crippen LogP contribution >= 0.6 is 0 Å². The first-order chi connectivity index (χ1) is 12.0. The lowest BCUT2D eigenvalue weighted by atomic mass is 10.1. The van der Waals surface area contributed by atoms with Crippen LogP contribution in [0.4, 0.5) is 5.82 Å². The van der Waals surface area contributed by atoms with E-state index in [1.54, 1.807) is 18.2 Å². The van der Waals surface area contributed by atoms with Gasteiger partial charge in [-0.2, -0.15) is 0 Å². The maximum absolute atomic E-state index is 12.2. The second-order valence-corrected chi connectivity index (χ2v) is 8.42. The van der Waals surface area contributed by atoms with Crippen LogP contribution in [-0.4, -0.2) is 36.4 Å². The van der Waals surface area contributed by atoms with E-state index in [1.807, 2.05) is 20.8 Å². The largest absolute Gasteiger partial charge is 0.365 e. The molecule has 2 aromatic rings. The number of primary sulfonamides is 1. The van der Waals surface area contributed by atoms with Gasteiger partial charge in [0, 0.05) is 18.2 Å². The van der Waals surface area contributed by atoms with Gasteiger partial charge in [-0.1, -0.05) is 12.1 Å². The first kappa shape index (κ1) is 19.8. The molecule has 1 heterocycles. The number of aromatic nitrogens is 2. The SMILES string of the molecule is CC(C)(C)Nc1cc(C(=O)NCCc2ccc(S(N)(=O)=O)cc2)ncn1. The summed E-state index contributed by atoms with van der Waals surface area (Å²) in [6.07, 6.45) is 1.89. The van der Waals surface area contributed by atoms with E-state index in [0.29, 0.717) is 18.8 Å². The summed E-state index contributed by atoms with van der Waals surface area (Å²) in [5.41, 5.74) is 0.984. The van der Waals surface area contributed by atoms with Crippen molar-refractivity contribution in [2.45, 2.75) is 37.6 Å². The Bertz CT molecular complexity index is 874. The number of hydrogen-bond donors (Lipinski definition) is 3. The van der Waals surface area contributed by atoms with E-state index in [-0.39, 0.29) is 22.0 Å². The van der Waals surface area contributed by atoms with Crippen molar-refractivity contribution in [2.75, 3.05) is 11.9 Å². The van der Waals surface area contributed by atoms with Crippen LogP contribution in [0.1, 0.15) is 36.8 Å². The fourth-order valence-electron chi connectivity index (χ4n) is 2.19. The molecule has 0 aliphatic carbocycles. The molecule has 9 heteroatoms. The Balaban J connectivity index is 1.92. The van der Waals surface area contributed by atoms with Gasteiger partial charge in [0.2, 0.25) is 10.0 Å². The molecule has 0 spiro atoms. The molecule has 140 valence electrons. The van der Waals surface area contributed by atoms with Crippen LogP contribution in [0.25, 0.3) is 0 Å². The van der Waals surface area contributed by atoms with Crippen molar-refractivity contribution < 1.29 is 13.2 Å². The van der Waals surface area contributed by atoms with Gasteiger partial charge < -0.3 is 10.6 Å². The number of carbonyl (C=O) groups excluding carboxylic acids is 1. The van der Waals surface area contributed by atoms with E-state index >= 15 is 0 Å². The number of benzene rings is 1. The molecule has 1 amide bonds. The van der Waals surface area contributed by atoms with Gasteiger partial charge in [-0.15, -0.1) is 0 Å². The molecule has 4 N–H and O–H groups in total. The molecule has 0 unspecified atom stereocenters. The van der Waals surface area contributed by atoms with Gasteiger partial charge in [-0.3, -0.25) is 4.79 Å². The Morgan fingerprint density at radius 3 is 2.38 bits per heavy atom. The topological polar surface area (TPSA) is 127 Å². The standard InChI is InChI=1S/C17H23N5O3S/c1-17(2,3)22-15-10-14(20-11-21-15)16(23)19-9-8-12-4-6-13(7-5-12)26(18,24)25/h4-7,10-11H,8-9H2,1-3H3,(H,19,23)(H2,18,24,25)(H,20,21,22). The molecule has 0 saturated carbocycles. The average molecular weight is 377 g/mol. The van der Waals surface area contributed by atoms with Crippen LogP contribution in [0, 0.1) is 0 Å². The van der Waals surface area contributed by atoms with E-state index in [1.165, 1.54) is 18.5 Å². The molecule has 0 atom stereocenters. The molecule has 0 aliphatic rings. The van der Waals surface area contributed by atoms with Crippen LogP contribution < -0.4 is 15.8 Å². The van der Waals surface area contributed by atoms with Gasteiger partial charge >= 0.3 is 0 Å². The Morgan fingerprint density at radius 1 is 1.15 bits per heavy atom. The minimum absolute atomic E-state index is 0.0603. The quantitative estimate of drug-likeness (QED) is 0.696. The summed E-state index contributed by atoms with van der Waals surface area (Å²) in [4.78, 5) is 20.4. The summed E-state index contributed by atoms with van der Waals surface area (Å²) in [7, 11) is -3.70. The monoisotopic (exact) mass is 377 g/mol. The number of nitrogens with one attached hydrogen (secondary N) is 2. The number of sulfonamides is 1. The van der Waals surface area contributed by atoms with Crippen LogP contribution in [0.2, 0.25) is 0 Å². The van der Waals surface area contributed by atoms with Crippen molar-refractivity contribution in [3.63, 3.8) is 0 Å². The molecule has 1 aromatic heterocycles. The normalized spacial score (nSPS) is 11.8. The number of nitrogens with zero attached hydrogens (tertiary/aromatic N) is 2. The number of nitrogens with two attached hydrogens (primary N) is 1. The fourth-order valence-corrected chi connectivity index (χ4v) is 2.71. The first-order valence-electron chi connectivity index (χ1n) is 8.05. The Labute approximate surface area is 153 Å². The highest BCUT2D eigenvalue weighted by Gasteiger charge is 2.13. The highest BCUT2D eigenvalue weighted by Crippen LogP contribution is 2.12. The Morgan fingerprint density at radius 2 is 1.81 bits per heavy atom. The molecule has 1 aromatic carbocycles. The number of rotatable bonds is 6. The predicted molar refractivity (Wildman–Crippen MR) is 99.3 cm³/mol. The van der Waals surface area contributed by atoms with Crippen molar-refractivity contribution in [1.29, 1.82) is 0 Å². The maximum Gasteiger partial charge on any atom is 0.270 e. The minimum atomic E-state index is -3.70. The van der Waals surface area contributed by atoms with Crippen molar-refractivity contribution in [1.82, 2.24) is 15.3 Å². The van der Waals surface area contributed by atoms with Gasteiger partial charge in [0.15, 0.2) is 0 Å². The molecule has 0 fully saturated rings. The zero-order chi connectivity index (χ0) is 19.4. The summed E-state index contributed by atoms with van der Waals surface area (Å²) < 4.78 is 22.4. The summed E-state index contributed by atoms with van der Waals surface area (Å²) in [6, 6.07) is 7.83. The van der Waals surface area contributed by atoms with Crippen molar-refractivity contribution >= 4 is 21.7 Å². The second-order valence-electron chi connectivity index (χ2n) is 6.86. The van der Waals surface area contributed by atoms with E-state index < -0.39 is 10.0 Å². The summed E-state index contributed by atoms with van der Waals surface area (Å²) in [5, 5.41) is 11.0. The molecular weight excluding hydrogens is 354 g/mol. The minimum Gasteiger partial charge on any atom is -0.365 e. The molecule has 0 radical (unpaired) electrons. The molecule has 8 nitrogen and oxygen atoms in total. The zero-order valence-corrected chi connectivity index (χ0v) is 15.8. The van der Waals surface area contributed by atoms with E-state index in [0.717, 1.165) is 5.56 Å². The molecular formula is C17H23N5O3S. The number of anilines is 1. The number of hydrogen-bond acceptors (Lipinski definition) is 6. The lowest BCUT2D eigenvalue weighted by molar-refractivity contribution is 0.0949. The lowest BCUT2D eigenvalue weighted by Gasteiger charge is -2.21. The fraction of sp³-hybridized carbons (Fsp3) is 0.353. The molecule has 2 rings (SSSR count). The third kappa shape index (κ3) is 6.08. The van der Waals surface area contributed by atoms with Gasteiger partial charge in [0.25, 0.3) is 5.91 Å². The third-order valence-electron chi connectivity index (χ3n) is 3.35. The van der Waals surface area contributed by atoms with Gasteiger partial charge in [-0.25, -0.2) is 23.5 Å². The van der Waals surface area contributed by atoms with Crippen LogP contribution in [0.15, 0.2) is 41.6 Å². The van der Waals surface area contributed by atoms with Gasteiger partial charge in [-0.05, 0) is 44.9 Å². The average Bonchev–Trinajstić information content (AvgIpc) is 2.53. The Hall–Kier alpha value is -2.52. The van der Waals surface area contributed by atoms with Crippen LogP contribution in [-0.2, 0) is 16.4 Å². The third-order valence-corrected chi connectivity index (χ3v) is 4.28. The van der Waals surface area contributed by atoms with E-state index in [9.17, 15) is 13.2 Å². The second kappa shape index (κ2) is 7.79. The predicted octanol–water partition coefficient (Wildman–Crippen LogP) is 1.31. The molecule has 0 saturated heterocycles. The lowest BCUT2D eigenvalue weighted by Crippen LogP contribution is -2.29. The highest BCUT2D eigenvalue weighted by molar-refractivity contribution is 7.89. The van der Waals surface area contributed by atoms with Crippen molar-refractivity contribution in [3.05, 3.63) is 47.9 Å². The Kier molecular flexibility index (Phi) is 5.94. The van der Waals surface area contributed by atoms with Crippen LogP contribution in [0.5, 0.6) is 0 Å². The van der Waals surface area contributed by atoms with Gasteiger partial charge in [0.05, 0.1) is 4.90 Å². The molecule has 0 bridgehead atoms. The van der Waals surface area contributed by atoms with Crippen LogP contribution in [0.3, 0.4) is 0 Å². The summed E-state index contributed by atoms with van der Waals surface area (Å²) in [6.45, 7) is 6.38. The number of amides is 1. The molecule has 0 aliphatic heterocycles. The van der Waals surface area contributed by atoms with E-state index in [2.05, 4.69) is 20.6 Å². The van der Waals surface area contributed by atoms with Crippen molar-refractivity contribution in [3.8, 4) is 0 Å². The summed E-state index contributed by atoms with van der Waals surface area (Å²) in [5.74, 6) is 0.279. The smallest absolute Gasteiger partial charge is 0.270 e. The molecule has 26 heavy (non-hydrogen) atoms. The van der Waals surface area contributed by atoms with Gasteiger partial charge in [0.1, 0.15) is 17.8 Å². The van der Waals surface area contributed by atoms with E-state index in [4.69, 9.17) is 5.14 Å². The maximum atomic E-state index is 12.2. The highest BCUT2D eigenvalue weighted by atomic mass is 32.2. The number of carbonyl (C=O) groups is 1. The zero-order valence-electron chi connectivity index (χ0n) is 15.0. The van der Waals surface area contributed by atoms with Crippen molar-refractivity contribution in [2.24, 2.45) is 5.14 Å². The summed E-state index contributed by atoms with van der Waals surface area (Å²) >= 11 is 0.